The van der Waals surface area contributed by atoms with Crippen molar-refractivity contribution in [3.05, 3.63) is 63.2 Å². The largest absolute Gasteiger partial charge is 0.363 e. The molecule has 0 spiro atoms. The highest BCUT2D eigenvalue weighted by atomic mass is 32.2. The van der Waals surface area contributed by atoms with Crippen molar-refractivity contribution in [3.8, 4) is 0 Å². The fourth-order valence-electron chi connectivity index (χ4n) is 3.76. The molecule has 1 heterocycles. The molecule has 0 aliphatic carbocycles. The number of nitrogens with zero attached hydrogens (tertiary/aromatic N) is 3. The van der Waals surface area contributed by atoms with Crippen molar-refractivity contribution in [1.82, 2.24) is 4.31 Å². The summed E-state index contributed by atoms with van der Waals surface area (Å²) >= 11 is 0. The van der Waals surface area contributed by atoms with Crippen LogP contribution in [0.5, 0.6) is 0 Å². The van der Waals surface area contributed by atoms with Gasteiger partial charge in [-0.1, -0.05) is 29.8 Å². The zero-order chi connectivity index (χ0) is 19.8. The first-order chi connectivity index (χ1) is 12.7. The van der Waals surface area contributed by atoms with E-state index in [1.54, 1.807) is 18.2 Å². The lowest BCUT2D eigenvalue weighted by atomic mass is 10.1. The zero-order valence-corrected chi connectivity index (χ0v) is 16.5. The van der Waals surface area contributed by atoms with Gasteiger partial charge in [-0.2, -0.15) is 4.31 Å². The highest BCUT2D eigenvalue weighted by Crippen LogP contribution is 2.30. The molecule has 0 saturated carbocycles. The lowest BCUT2D eigenvalue weighted by Crippen LogP contribution is -2.49. The van der Waals surface area contributed by atoms with Crippen molar-refractivity contribution in [2.45, 2.75) is 25.7 Å². The third-order valence-corrected chi connectivity index (χ3v) is 7.07. The third kappa shape index (κ3) is 3.68. The Kier molecular flexibility index (Phi) is 5.21. The minimum absolute atomic E-state index is 0.0408. The van der Waals surface area contributed by atoms with Crippen LogP contribution in [0.2, 0.25) is 0 Å². The molecule has 1 aliphatic heterocycles. The van der Waals surface area contributed by atoms with Crippen LogP contribution >= 0.6 is 0 Å². The van der Waals surface area contributed by atoms with Crippen molar-refractivity contribution in [1.29, 1.82) is 0 Å². The van der Waals surface area contributed by atoms with Gasteiger partial charge in [-0.25, -0.2) is 8.42 Å². The van der Waals surface area contributed by atoms with E-state index in [9.17, 15) is 18.5 Å². The molecule has 0 unspecified atom stereocenters. The summed E-state index contributed by atoms with van der Waals surface area (Å²) in [5.74, 6) is 0. The highest BCUT2D eigenvalue weighted by molar-refractivity contribution is 7.89. The monoisotopic (exact) mass is 389 g/mol. The van der Waals surface area contributed by atoms with Crippen molar-refractivity contribution >= 4 is 21.4 Å². The summed E-state index contributed by atoms with van der Waals surface area (Å²) in [4.78, 5) is 13.1. The van der Waals surface area contributed by atoms with E-state index in [2.05, 4.69) is 0 Å². The molecule has 27 heavy (non-hydrogen) atoms. The number of hydrogen-bond acceptors (Lipinski definition) is 5. The Labute approximate surface area is 159 Å². The lowest BCUT2D eigenvalue weighted by Gasteiger charge is -2.35. The Hall–Kier alpha value is -2.45. The molecule has 0 atom stereocenters. The van der Waals surface area contributed by atoms with E-state index in [1.165, 1.54) is 10.4 Å². The number of hydrogen-bond donors (Lipinski definition) is 0. The number of piperazine rings is 1. The summed E-state index contributed by atoms with van der Waals surface area (Å²) in [6.45, 7) is 6.99. The molecular formula is C19H23N3O4S. The number of nitro groups is 1. The summed E-state index contributed by atoms with van der Waals surface area (Å²) in [5, 5.41) is 11.2. The molecule has 1 saturated heterocycles. The zero-order valence-electron chi connectivity index (χ0n) is 15.7. The summed E-state index contributed by atoms with van der Waals surface area (Å²) in [7, 11) is -3.60. The number of para-hydroxylation sites is 2. The second-order valence-electron chi connectivity index (χ2n) is 6.86. The second-order valence-corrected chi connectivity index (χ2v) is 8.74. The molecule has 144 valence electrons. The fourth-order valence-corrected chi connectivity index (χ4v) is 5.59. The van der Waals surface area contributed by atoms with Crippen LogP contribution < -0.4 is 4.90 Å². The Morgan fingerprint density at radius 1 is 0.963 bits per heavy atom. The van der Waals surface area contributed by atoms with Crippen LogP contribution in [0.25, 0.3) is 0 Å². The van der Waals surface area contributed by atoms with Crippen LogP contribution in [0.3, 0.4) is 0 Å². The van der Waals surface area contributed by atoms with E-state index in [-0.39, 0.29) is 5.69 Å². The molecule has 1 aliphatic rings. The number of anilines is 1. The molecule has 0 N–H and O–H groups in total. The molecule has 3 rings (SSSR count). The predicted molar refractivity (Wildman–Crippen MR) is 105 cm³/mol. The van der Waals surface area contributed by atoms with Gasteiger partial charge in [0.25, 0.3) is 5.69 Å². The van der Waals surface area contributed by atoms with Gasteiger partial charge in [0.2, 0.25) is 10.0 Å². The number of aryl methyl sites for hydroxylation is 3. The maximum atomic E-state index is 13.2. The van der Waals surface area contributed by atoms with Gasteiger partial charge < -0.3 is 4.90 Å². The summed E-state index contributed by atoms with van der Waals surface area (Å²) < 4.78 is 27.8. The van der Waals surface area contributed by atoms with E-state index in [0.29, 0.717) is 36.8 Å². The molecular weight excluding hydrogens is 366 g/mol. The van der Waals surface area contributed by atoms with Crippen LogP contribution in [0.4, 0.5) is 11.4 Å². The predicted octanol–water partition coefficient (Wildman–Crippen LogP) is 3.03. The number of rotatable bonds is 4. The molecule has 2 aromatic rings. The van der Waals surface area contributed by atoms with Gasteiger partial charge in [0.1, 0.15) is 5.69 Å². The van der Waals surface area contributed by atoms with Gasteiger partial charge in [-0.05, 0) is 38.0 Å². The smallest absolute Gasteiger partial charge is 0.292 e. The minimum atomic E-state index is -3.60. The van der Waals surface area contributed by atoms with Crippen molar-refractivity contribution in [2.24, 2.45) is 0 Å². The van der Waals surface area contributed by atoms with E-state index in [0.717, 1.165) is 16.7 Å². The molecule has 0 radical (unpaired) electrons. The van der Waals surface area contributed by atoms with Gasteiger partial charge in [-0.15, -0.1) is 0 Å². The van der Waals surface area contributed by atoms with Crippen LogP contribution in [0.15, 0.2) is 41.3 Å². The first-order valence-corrected chi connectivity index (χ1v) is 10.2. The number of sulfonamides is 1. The maximum Gasteiger partial charge on any atom is 0.292 e. The van der Waals surface area contributed by atoms with Crippen LogP contribution in [0, 0.1) is 30.9 Å². The van der Waals surface area contributed by atoms with Gasteiger partial charge >= 0.3 is 0 Å². The highest BCUT2D eigenvalue weighted by Gasteiger charge is 2.32. The first-order valence-electron chi connectivity index (χ1n) is 8.78. The Morgan fingerprint density at radius 3 is 2.07 bits per heavy atom. The summed E-state index contributed by atoms with van der Waals surface area (Å²) in [6.07, 6.45) is 0. The van der Waals surface area contributed by atoms with Crippen LogP contribution in [-0.2, 0) is 10.0 Å². The van der Waals surface area contributed by atoms with E-state index >= 15 is 0 Å². The Morgan fingerprint density at radius 2 is 1.52 bits per heavy atom. The minimum Gasteiger partial charge on any atom is -0.363 e. The van der Waals surface area contributed by atoms with E-state index in [4.69, 9.17) is 0 Å². The number of benzene rings is 2. The van der Waals surface area contributed by atoms with Gasteiger partial charge in [0.15, 0.2) is 0 Å². The number of nitro benzene ring substituents is 1. The molecule has 1 fully saturated rings. The molecule has 0 bridgehead atoms. The average Bonchev–Trinajstić information content (AvgIpc) is 2.60. The quantitative estimate of drug-likeness (QED) is 0.593. The molecule has 0 aromatic heterocycles. The Balaban J connectivity index is 1.83. The topological polar surface area (TPSA) is 83.8 Å². The van der Waals surface area contributed by atoms with Crippen molar-refractivity contribution < 1.29 is 13.3 Å². The van der Waals surface area contributed by atoms with Gasteiger partial charge in [-0.3, -0.25) is 10.1 Å². The van der Waals surface area contributed by atoms with Gasteiger partial charge in [0, 0.05) is 32.2 Å². The summed E-state index contributed by atoms with van der Waals surface area (Å²) in [5.41, 5.74) is 3.09. The van der Waals surface area contributed by atoms with Gasteiger partial charge in [0.05, 0.1) is 9.82 Å². The Bertz CT molecular complexity index is 957. The normalized spacial score (nSPS) is 15.7. The average molecular weight is 389 g/mol. The fraction of sp³-hybridized carbons (Fsp3) is 0.368. The first kappa shape index (κ1) is 19.3. The standard InChI is InChI=1S/C19H23N3O4S/c1-14-12-15(2)19(16(3)13-14)27(25,26)21-10-8-20(9-11-21)17-6-4-5-7-18(17)22(23)24/h4-7,12-13H,8-11H2,1-3H3. The second kappa shape index (κ2) is 7.28. The SMILES string of the molecule is Cc1cc(C)c(S(=O)(=O)N2CCN(c3ccccc3[N+](=O)[O-])CC2)c(C)c1. The molecule has 7 nitrogen and oxygen atoms in total. The molecule has 8 heteroatoms. The third-order valence-electron chi connectivity index (χ3n) is 4.86. The molecule has 2 aromatic carbocycles. The van der Waals surface area contributed by atoms with Crippen molar-refractivity contribution in [2.75, 3.05) is 31.1 Å². The van der Waals surface area contributed by atoms with Crippen molar-refractivity contribution in [3.63, 3.8) is 0 Å². The van der Waals surface area contributed by atoms with E-state index in [1.807, 2.05) is 37.8 Å². The maximum absolute atomic E-state index is 13.2. The van der Waals surface area contributed by atoms with E-state index < -0.39 is 14.9 Å². The molecule has 0 amide bonds. The van der Waals surface area contributed by atoms with Crippen LogP contribution in [-0.4, -0.2) is 43.8 Å². The lowest BCUT2D eigenvalue weighted by molar-refractivity contribution is -0.384. The summed E-state index contributed by atoms with van der Waals surface area (Å²) in [6, 6.07) is 10.3. The van der Waals surface area contributed by atoms with Crippen LogP contribution in [0.1, 0.15) is 16.7 Å².